The van der Waals surface area contributed by atoms with Gasteiger partial charge in [0.05, 0.1) is 31.0 Å². The smallest absolute Gasteiger partial charge is 0.228 e. The summed E-state index contributed by atoms with van der Waals surface area (Å²) in [7, 11) is 0. The lowest BCUT2D eigenvalue weighted by molar-refractivity contribution is -0.134. The second-order valence-corrected chi connectivity index (χ2v) is 6.39. The van der Waals surface area contributed by atoms with Crippen LogP contribution in [0.15, 0.2) is 0 Å². The highest BCUT2D eigenvalue weighted by molar-refractivity contribution is 7.80. The third-order valence-electron chi connectivity index (χ3n) is 3.19. The lowest BCUT2D eigenvalue weighted by Crippen LogP contribution is -2.47. The summed E-state index contributed by atoms with van der Waals surface area (Å²) in [6.07, 6.45) is -1.02. The number of hydrogen-bond acceptors (Lipinski definition) is 9. The predicted octanol–water partition coefficient (Wildman–Crippen LogP) is 0.633. The van der Waals surface area contributed by atoms with Crippen LogP contribution < -0.4 is 16.4 Å². The Kier molecular flexibility index (Phi) is 22.8. The molecule has 29 heavy (non-hydrogen) atoms. The second kappa shape index (κ2) is 20.2. The summed E-state index contributed by atoms with van der Waals surface area (Å²) in [5.41, 5.74) is 5.46. The normalized spacial score (nSPS) is 12.6. The largest absolute Gasteiger partial charge is 0.345 e. The number of hydrogen-bond donors (Lipinski definition) is 6. The first kappa shape index (κ1) is 32.6. The molecule has 0 rings (SSSR count). The van der Waals surface area contributed by atoms with Crippen molar-refractivity contribution in [2.24, 2.45) is 5.73 Å². The van der Waals surface area contributed by atoms with E-state index in [1.807, 2.05) is 27.7 Å². The van der Waals surface area contributed by atoms with Gasteiger partial charge < -0.3 is 16.4 Å². The average molecular weight is 470 g/mol. The van der Waals surface area contributed by atoms with Crippen molar-refractivity contribution in [1.29, 1.82) is 0 Å². The molecular weight excluding hydrogens is 434 g/mol. The van der Waals surface area contributed by atoms with Crippen molar-refractivity contribution in [2.45, 2.75) is 65.6 Å². The number of Topliss-reactive ketones (excluding diaryl/α,β-unsaturated/α-hetero) is 3. The van der Waals surface area contributed by atoms with Crippen LogP contribution in [-0.4, -0.2) is 64.5 Å². The Hall–Kier alpha value is -1.04. The van der Waals surface area contributed by atoms with Gasteiger partial charge in [0.2, 0.25) is 11.8 Å². The number of carbonyl (C=O) groups excluding carboxylic acids is 5. The molecule has 0 saturated carbocycles. The van der Waals surface area contributed by atoms with Crippen LogP contribution in [0.5, 0.6) is 0 Å². The van der Waals surface area contributed by atoms with E-state index in [1.165, 1.54) is 6.92 Å². The van der Waals surface area contributed by atoms with Gasteiger partial charge in [-0.3, -0.25) is 24.0 Å². The van der Waals surface area contributed by atoms with E-state index >= 15 is 0 Å². The lowest BCUT2D eigenvalue weighted by atomic mass is 10.1. The molecule has 0 bridgehead atoms. The van der Waals surface area contributed by atoms with Crippen LogP contribution in [0.2, 0.25) is 0 Å². The Morgan fingerprint density at radius 2 is 1.10 bits per heavy atom. The Labute approximate surface area is 190 Å². The maximum absolute atomic E-state index is 12.1. The maximum atomic E-state index is 12.1. The van der Waals surface area contributed by atoms with Crippen molar-refractivity contribution in [3.05, 3.63) is 0 Å². The van der Waals surface area contributed by atoms with Gasteiger partial charge in [-0.05, 0) is 6.92 Å². The van der Waals surface area contributed by atoms with Gasteiger partial charge >= 0.3 is 0 Å². The molecule has 0 spiro atoms. The monoisotopic (exact) mass is 469 g/mol. The molecule has 3 atom stereocenters. The molecule has 0 aromatic carbocycles. The minimum Gasteiger partial charge on any atom is -0.345 e. The standard InChI is InChI=1S/C14H23N3O5S3.2C2H6/c1-7(18)9(5-24)16-14(22)3-12(20)10(6-25)17-13(21)2-11(19)8(15)4-23;2*1-2/h8-10,23-25H,2-6,15H2,1H3,(H,16,22)(H,17,21);2*1-2H3/t8-,9-,10-;;/m0../s1. The number of thiol groups is 3. The fourth-order valence-corrected chi connectivity index (χ4v) is 2.51. The number of nitrogens with one attached hydrogen (secondary N) is 2. The molecule has 0 unspecified atom stereocenters. The molecule has 0 aliphatic rings. The van der Waals surface area contributed by atoms with E-state index in [-0.39, 0.29) is 23.0 Å². The molecule has 0 radical (unpaired) electrons. The fourth-order valence-electron chi connectivity index (χ4n) is 1.67. The minimum absolute atomic E-state index is 0.0482. The second-order valence-electron chi connectivity index (χ2n) is 5.29. The quantitative estimate of drug-likeness (QED) is 0.183. The van der Waals surface area contributed by atoms with Crippen LogP contribution in [0.25, 0.3) is 0 Å². The van der Waals surface area contributed by atoms with E-state index in [4.69, 9.17) is 5.73 Å². The van der Waals surface area contributed by atoms with Crippen molar-refractivity contribution in [3.8, 4) is 0 Å². The Morgan fingerprint density at radius 3 is 1.45 bits per heavy atom. The zero-order valence-corrected chi connectivity index (χ0v) is 20.4. The fraction of sp³-hybridized carbons (Fsp3) is 0.722. The first-order valence-corrected chi connectivity index (χ1v) is 11.3. The number of carbonyl (C=O) groups is 5. The molecule has 4 N–H and O–H groups in total. The summed E-state index contributed by atoms with van der Waals surface area (Å²) in [6, 6.07) is -2.68. The molecule has 0 aromatic rings. The van der Waals surface area contributed by atoms with Gasteiger partial charge in [0.1, 0.15) is 0 Å². The first-order valence-electron chi connectivity index (χ1n) is 9.38. The van der Waals surface area contributed by atoms with Crippen LogP contribution in [-0.2, 0) is 24.0 Å². The van der Waals surface area contributed by atoms with E-state index in [1.54, 1.807) is 0 Å². The van der Waals surface area contributed by atoms with E-state index in [9.17, 15) is 24.0 Å². The Balaban J connectivity index is -0.00000158. The van der Waals surface area contributed by atoms with E-state index < -0.39 is 54.3 Å². The van der Waals surface area contributed by atoms with Crippen molar-refractivity contribution < 1.29 is 24.0 Å². The third kappa shape index (κ3) is 15.5. The molecule has 0 fully saturated rings. The van der Waals surface area contributed by atoms with Crippen molar-refractivity contribution >= 4 is 67.1 Å². The Morgan fingerprint density at radius 1 is 0.724 bits per heavy atom. The van der Waals surface area contributed by atoms with Crippen molar-refractivity contribution in [1.82, 2.24) is 10.6 Å². The summed E-state index contributed by atoms with van der Waals surface area (Å²) >= 11 is 11.8. The van der Waals surface area contributed by atoms with Gasteiger partial charge in [-0.1, -0.05) is 27.7 Å². The highest BCUT2D eigenvalue weighted by atomic mass is 32.1. The van der Waals surface area contributed by atoms with Gasteiger partial charge in [-0.2, -0.15) is 37.9 Å². The SMILES string of the molecule is CC.CC.CC(=O)[C@H](CS)NC(=O)CC(=O)[C@H](CS)NC(=O)CC(=O)[C@@H](N)CS. The summed E-state index contributed by atoms with van der Waals surface area (Å²) < 4.78 is 0. The molecule has 0 aromatic heterocycles. The zero-order valence-electron chi connectivity index (χ0n) is 17.7. The van der Waals surface area contributed by atoms with Crippen molar-refractivity contribution in [3.63, 3.8) is 0 Å². The summed E-state index contributed by atoms with van der Waals surface area (Å²) in [4.78, 5) is 58.5. The molecule has 0 aliphatic heterocycles. The highest BCUT2D eigenvalue weighted by Gasteiger charge is 2.25. The molecule has 0 saturated heterocycles. The minimum atomic E-state index is -1.03. The molecule has 0 heterocycles. The van der Waals surface area contributed by atoms with Gasteiger partial charge in [0, 0.05) is 17.3 Å². The average Bonchev–Trinajstić information content (AvgIpc) is 2.71. The number of rotatable bonds is 12. The van der Waals surface area contributed by atoms with Crippen LogP contribution in [0.1, 0.15) is 47.5 Å². The van der Waals surface area contributed by atoms with Gasteiger partial charge in [-0.25, -0.2) is 0 Å². The van der Waals surface area contributed by atoms with Crippen molar-refractivity contribution in [2.75, 3.05) is 17.3 Å². The number of amides is 2. The first-order chi connectivity index (χ1) is 13.7. The van der Waals surface area contributed by atoms with E-state index in [0.29, 0.717) is 0 Å². The molecular formula is C18H35N3O5S3. The van der Waals surface area contributed by atoms with Gasteiger partial charge in [0.25, 0.3) is 0 Å². The number of ketones is 3. The molecule has 11 heteroatoms. The maximum Gasteiger partial charge on any atom is 0.228 e. The van der Waals surface area contributed by atoms with E-state index in [0.717, 1.165) is 0 Å². The van der Waals surface area contributed by atoms with Crippen LogP contribution >= 0.6 is 37.9 Å². The highest BCUT2D eigenvalue weighted by Crippen LogP contribution is 2.00. The summed E-state index contributed by atoms with van der Waals surface area (Å²) in [5.74, 6) is -2.57. The van der Waals surface area contributed by atoms with Gasteiger partial charge in [-0.15, -0.1) is 0 Å². The zero-order chi connectivity index (χ0) is 23.6. The van der Waals surface area contributed by atoms with Gasteiger partial charge in [0.15, 0.2) is 17.3 Å². The summed E-state index contributed by atoms with van der Waals surface area (Å²) in [6.45, 7) is 9.30. The van der Waals surface area contributed by atoms with Crippen LogP contribution in [0, 0.1) is 0 Å². The van der Waals surface area contributed by atoms with Crippen LogP contribution in [0.4, 0.5) is 0 Å². The predicted molar refractivity (Wildman–Crippen MR) is 126 cm³/mol. The van der Waals surface area contributed by atoms with Crippen LogP contribution in [0.3, 0.4) is 0 Å². The lowest BCUT2D eigenvalue weighted by Gasteiger charge is -2.17. The Bertz CT molecular complexity index is 533. The number of nitrogens with two attached hydrogens (primary N) is 1. The topological polar surface area (TPSA) is 135 Å². The summed E-state index contributed by atoms with van der Waals surface area (Å²) in [5, 5.41) is 4.73. The molecule has 0 aliphatic carbocycles. The molecule has 170 valence electrons. The molecule has 8 nitrogen and oxygen atoms in total. The third-order valence-corrected chi connectivity index (χ3v) is 4.32. The molecule has 2 amide bonds. The van der Waals surface area contributed by atoms with E-state index in [2.05, 4.69) is 48.5 Å².